The number of hydrogen-bond donors (Lipinski definition) is 5. The van der Waals surface area contributed by atoms with Gasteiger partial charge in [-0.1, -0.05) is 0 Å². The van der Waals surface area contributed by atoms with Crippen molar-refractivity contribution in [1.82, 2.24) is 16.2 Å². The Bertz CT molecular complexity index is 1070. The maximum Gasteiger partial charge on any atom is 0.335 e. The highest BCUT2D eigenvalue weighted by molar-refractivity contribution is 14.1. The molecular formula is C21H23F3IN5O5. The summed E-state index contributed by atoms with van der Waals surface area (Å²) in [6, 6.07) is 4.22. The molecule has 0 aromatic heterocycles. The molecule has 190 valence electrons. The topological polar surface area (TPSA) is 133 Å². The third-order valence-electron chi connectivity index (χ3n) is 4.21. The highest BCUT2D eigenvalue weighted by atomic mass is 127. The van der Waals surface area contributed by atoms with Gasteiger partial charge in [0.1, 0.15) is 5.82 Å². The number of nitrogens with one attached hydrogen (secondary N) is 4. The number of urea groups is 1. The van der Waals surface area contributed by atoms with E-state index in [2.05, 4.69) is 21.2 Å². The summed E-state index contributed by atoms with van der Waals surface area (Å²) in [6.07, 6.45) is 1.35. The van der Waals surface area contributed by atoms with Crippen molar-refractivity contribution < 1.29 is 37.4 Å². The lowest BCUT2D eigenvalue weighted by molar-refractivity contribution is 0.0168. The molecule has 0 fully saturated rings. The van der Waals surface area contributed by atoms with Crippen molar-refractivity contribution in [3.63, 3.8) is 0 Å². The van der Waals surface area contributed by atoms with E-state index in [1.54, 1.807) is 0 Å². The number of hydrogen-bond acceptors (Lipinski definition) is 7. The maximum absolute atomic E-state index is 15.0. The number of anilines is 2. The Morgan fingerprint density at radius 1 is 1.17 bits per heavy atom. The van der Waals surface area contributed by atoms with Gasteiger partial charge in [-0.25, -0.2) is 28.9 Å². The first-order valence-electron chi connectivity index (χ1n) is 10.1. The summed E-state index contributed by atoms with van der Waals surface area (Å²) < 4.78 is 49.5. The number of nitrogens with zero attached hydrogens (tertiary/aromatic N) is 1. The number of benzene rings is 2. The summed E-state index contributed by atoms with van der Waals surface area (Å²) in [5.41, 5.74) is 2.26. The molecule has 0 aliphatic heterocycles. The summed E-state index contributed by atoms with van der Waals surface area (Å²) in [4.78, 5) is 29.0. The van der Waals surface area contributed by atoms with Crippen LogP contribution in [-0.2, 0) is 9.57 Å². The fourth-order valence-corrected chi connectivity index (χ4v) is 3.06. The van der Waals surface area contributed by atoms with Gasteiger partial charge >= 0.3 is 6.03 Å². The second-order valence-electron chi connectivity index (χ2n) is 6.74. The number of ether oxygens (including phenoxy) is 1. The van der Waals surface area contributed by atoms with Crippen molar-refractivity contribution in [1.29, 1.82) is 0 Å². The first kappa shape index (κ1) is 28.3. The summed E-state index contributed by atoms with van der Waals surface area (Å²) in [6.45, 7) is 0.0645. The molecule has 0 unspecified atom stereocenters. The van der Waals surface area contributed by atoms with Crippen LogP contribution < -0.4 is 21.5 Å². The predicted molar refractivity (Wildman–Crippen MR) is 130 cm³/mol. The molecule has 0 radical (unpaired) electrons. The molecule has 2 rings (SSSR count). The maximum atomic E-state index is 15.0. The van der Waals surface area contributed by atoms with Crippen LogP contribution in [0.15, 0.2) is 29.4 Å². The molecule has 3 amide bonds. The molecule has 5 N–H and O–H groups in total. The SMILES string of the molecule is COCCCNC(=O)N/N=C/c1cc(C(=O)NOCCO)c(Nc2ccc(I)cc2F)c(F)c1F. The molecule has 0 aliphatic rings. The fourth-order valence-electron chi connectivity index (χ4n) is 2.60. The van der Waals surface area contributed by atoms with E-state index >= 15 is 0 Å². The van der Waals surface area contributed by atoms with Gasteiger partial charge in [-0.3, -0.25) is 9.63 Å². The van der Waals surface area contributed by atoms with Crippen molar-refractivity contribution in [2.75, 3.05) is 38.8 Å². The van der Waals surface area contributed by atoms with Gasteiger partial charge in [0.15, 0.2) is 11.6 Å². The Kier molecular flexibility index (Phi) is 11.7. The first-order valence-corrected chi connectivity index (χ1v) is 11.2. The van der Waals surface area contributed by atoms with Gasteiger partial charge in [0.2, 0.25) is 0 Å². The number of rotatable bonds is 12. The van der Waals surface area contributed by atoms with Crippen LogP contribution in [0, 0.1) is 21.0 Å². The van der Waals surface area contributed by atoms with Gasteiger partial charge in [-0.05, 0) is 53.3 Å². The van der Waals surface area contributed by atoms with Gasteiger partial charge in [-0.15, -0.1) is 0 Å². The van der Waals surface area contributed by atoms with Gasteiger partial charge in [0.25, 0.3) is 5.91 Å². The van der Waals surface area contributed by atoms with E-state index in [4.69, 9.17) is 14.7 Å². The van der Waals surface area contributed by atoms with Gasteiger partial charge in [0, 0.05) is 29.4 Å². The lowest BCUT2D eigenvalue weighted by atomic mass is 10.1. The van der Waals surface area contributed by atoms with Gasteiger partial charge < -0.3 is 20.5 Å². The molecular weight excluding hydrogens is 586 g/mol. The van der Waals surface area contributed by atoms with Crippen LogP contribution in [0.1, 0.15) is 22.3 Å². The Hall–Kier alpha value is -2.95. The Balaban J connectivity index is 2.32. The largest absolute Gasteiger partial charge is 0.394 e. The van der Waals surface area contributed by atoms with E-state index in [0.717, 1.165) is 18.3 Å². The third kappa shape index (κ3) is 8.65. The minimum Gasteiger partial charge on any atom is -0.394 e. The zero-order valence-electron chi connectivity index (χ0n) is 18.5. The average Bonchev–Trinajstić information content (AvgIpc) is 2.82. The van der Waals surface area contributed by atoms with Crippen LogP contribution in [0.4, 0.5) is 29.3 Å². The Labute approximate surface area is 212 Å². The Morgan fingerprint density at radius 2 is 1.94 bits per heavy atom. The van der Waals surface area contributed by atoms with Crippen molar-refractivity contribution in [2.24, 2.45) is 5.10 Å². The Morgan fingerprint density at radius 3 is 2.63 bits per heavy atom. The third-order valence-corrected chi connectivity index (χ3v) is 4.88. The molecule has 2 aromatic rings. The van der Waals surface area contributed by atoms with Gasteiger partial charge in [-0.2, -0.15) is 5.10 Å². The summed E-state index contributed by atoms with van der Waals surface area (Å²) in [5, 5.41) is 17.2. The van der Waals surface area contributed by atoms with E-state index in [1.807, 2.05) is 28.1 Å². The van der Waals surface area contributed by atoms with E-state index in [1.165, 1.54) is 19.2 Å². The molecule has 10 nitrogen and oxygen atoms in total. The highest BCUT2D eigenvalue weighted by Gasteiger charge is 2.23. The smallest absolute Gasteiger partial charge is 0.335 e. The highest BCUT2D eigenvalue weighted by Crippen LogP contribution is 2.30. The van der Waals surface area contributed by atoms with Crippen molar-refractivity contribution in [2.45, 2.75) is 6.42 Å². The minimum atomic E-state index is -1.50. The second-order valence-corrected chi connectivity index (χ2v) is 7.99. The van der Waals surface area contributed by atoms with Crippen LogP contribution in [-0.4, -0.2) is 56.7 Å². The van der Waals surface area contributed by atoms with E-state index in [0.29, 0.717) is 23.1 Å². The standard InChI is InChI=1S/C21H23F3IN5O5/c1-34-7-2-5-26-21(33)29-27-11-12-9-14(20(32)30-35-8-6-31)19(18(24)17(12)23)28-16-4-3-13(25)10-15(16)22/h3-4,9-11,28,31H,2,5-8H2,1H3,(H,30,32)(H2,26,29,33)/b27-11+. The normalized spacial score (nSPS) is 10.9. The van der Waals surface area contributed by atoms with Crippen molar-refractivity contribution >= 4 is 52.1 Å². The van der Waals surface area contributed by atoms with Crippen LogP contribution >= 0.6 is 22.6 Å². The lowest BCUT2D eigenvalue weighted by Crippen LogP contribution is -2.33. The molecule has 0 atom stereocenters. The molecule has 0 spiro atoms. The molecule has 0 bridgehead atoms. The summed E-state index contributed by atoms with van der Waals surface area (Å²) in [5.74, 6) is -4.67. The van der Waals surface area contributed by atoms with Crippen molar-refractivity contribution in [3.05, 3.63) is 56.4 Å². The van der Waals surface area contributed by atoms with E-state index < -0.39 is 52.8 Å². The number of hydroxylamine groups is 1. The molecule has 0 aliphatic carbocycles. The predicted octanol–water partition coefficient (Wildman–Crippen LogP) is 2.78. The van der Waals surface area contributed by atoms with Crippen LogP contribution in [0.2, 0.25) is 0 Å². The van der Waals surface area contributed by atoms with Crippen LogP contribution in [0.5, 0.6) is 0 Å². The van der Waals surface area contributed by atoms with Crippen LogP contribution in [0.25, 0.3) is 0 Å². The number of amides is 3. The second kappa shape index (κ2) is 14.4. The number of methoxy groups -OCH3 is 1. The van der Waals surface area contributed by atoms with E-state index in [9.17, 15) is 22.8 Å². The zero-order chi connectivity index (χ0) is 25.8. The zero-order valence-corrected chi connectivity index (χ0v) is 20.6. The molecule has 2 aromatic carbocycles. The molecule has 35 heavy (non-hydrogen) atoms. The summed E-state index contributed by atoms with van der Waals surface area (Å²) >= 11 is 1.88. The van der Waals surface area contributed by atoms with Crippen molar-refractivity contribution in [3.8, 4) is 0 Å². The number of carbonyl (C=O) groups is 2. The summed E-state index contributed by atoms with van der Waals surface area (Å²) in [7, 11) is 1.52. The quantitative estimate of drug-likeness (QED) is 0.109. The number of aliphatic hydroxyl groups is 1. The molecule has 0 saturated carbocycles. The fraction of sp³-hybridized carbons (Fsp3) is 0.286. The number of halogens is 4. The number of aliphatic hydroxyl groups excluding tert-OH is 1. The average molecular weight is 609 g/mol. The monoisotopic (exact) mass is 609 g/mol. The number of hydrazone groups is 1. The minimum absolute atomic E-state index is 0.206. The number of carbonyl (C=O) groups excluding carboxylic acids is 2. The molecule has 14 heteroatoms. The van der Waals surface area contributed by atoms with Crippen LogP contribution in [0.3, 0.4) is 0 Å². The molecule has 0 heterocycles. The lowest BCUT2D eigenvalue weighted by Gasteiger charge is -2.15. The first-order chi connectivity index (χ1) is 16.8. The molecule has 0 saturated heterocycles. The van der Waals surface area contributed by atoms with Gasteiger partial charge in [0.05, 0.1) is 36.4 Å². The van der Waals surface area contributed by atoms with E-state index in [-0.39, 0.29) is 12.3 Å².